The molecule has 1 amide bonds. The Morgan fingerprint density at radius 3 is 2.58 bits per heavy atom. The first kappa shape index (κ1) is 9.99. The Morgan fingerprint density at radius 1 is 1.50 bits per heavy atom. The van der Waals surface area contributed by atoms with Gasteiger partial charge in [-0.3, -0.25) is 4.79 Å². The molecule has 0 saturated carbocycles. The number of thioether (sulfide) groups is 2. The highest BCUT2D eigenvalue weighted by atomic mass is 32.2. The molecular weight excluding hydrogens is 190 g/mol. The van der Waals surface area contributed by atoms with Crippen molar-refractivity contribution in [1.29, 1.82) is 0 Å². The van der Waals surface area contributed by atoms with E-state index in [9.17, 15) is 4.79 Å². The van der Waals surface area contributed by atoms with E-state index in [0.717, 1.165) is 16.6 Å². The maximum Gasteiger partial charge on any atom is 0.246 e. The SMILES string of the molecule is C=C(C)C(=O)NC1CSCSC1. The summed E-state index contributed by atoms with van der Waals surface area (Å²) in [6.45, 7) is 5.33. The van der Waals surface area contributed by atoms with Crippen LogP contribution in [0.5, 0.6) is 0 Å². The lowest BCUT2D eigenvalue weighted by molar-refractivity contribution is -0.117. The second-order valence-electron chi connectivity index (χ2n) is 2.81. The molecule has 1 rings (SSSR count). The molecule has 1 aliphatic rings. The van der Waals surface area contributed by atoms with Crippen molar-refractivity contribution in [3.8, 4) is 0 Å². The van der Waals surface area contributed by atoms with Gasteiger partial charge in [-0.2, -0.15) is 0 Å². The standard InChI is InChI=1S/C8H13NOS2/c1-6(2)8(10)9-7-3-11-5-12-4-7/h7H,1,3-5H2,2H3,(H,9,10). The number of amides is 1. The van der Waals surface area contributed by atoms with Crippen molar-refractivity contribution in [2.45, 2.75) is 13.0 Å². The molecule has 0 aromatic carbocycles. The van der Waals surface area contributed by atoms with E-state index in [1.54, 1.807) is 6.92 Å². The van der Waals surface area contributed by atoms with Gasteiger partial charge in [-0.15, -0.1) is 23.5 Å². The minimum atomic E-state index is -0.0110. The number of carbonyl (C=O) groups excluding carboxylic acids is 1. The van der Waals surface area contributed by atoms with Crippen LogP contribution < -0.4 is 5.32 Å². The number of hydrogen-bond acceptors (Lipinski definition) is 3. The van der Waals surface area contributed by atoms with E-state index in [2.05, 4.69) is 11.9 Å². The maximum absolute atomic E-state index is 11.2. The van der Waals surface area contributed by atoms with Crippen molar-refractivity contribution in [2.75, 3.05) is 16.6 Å². The topological polar surface area (TPSA) is 29.1 Å². The molecule has 0 spiro atoms. The van der Waals surface area contributed by atoms with Gasteiger partial charge in [0, 0.05) is 28.2 Å². The summed E-state index contributed by atoms with van der Waals surface area (Å²) < 4.78 is 0. The van der Waals surface area contributed by atoms with Gasteiger partial charge in [0.05, 0.1) is 0 Å². The monoisotopic (exact) mass is 203 g/mol. The summed E-state index contributed by atoms with van der Waals surface area (Å²) in [4.78, 5) is 11.2. The Balaban J connectivity index is 2.29. The summed E-state index contributed by atoms with van der Waals surface area (Å²) in [5, 5.41) is 4.09. The third kappa shape index (κ3) is 3.11. The molecule has 68 valence electrons. The maximum atomic E-state index is 11.2. The van der Waals surface area contributed by atoms with E-state index in [1.807, 2.05) is 23.5 Å². The Labute approximate surface area is 81.6 Å². The summed E-state index contributed by atoms with van der Waals surface area (Å²) in [6.07, 6.45) is 0. The minimum absolute atomic E-state index is 0.0110. The second kappa shape index (κ2) is 4.82. The minimum Gasteiger partial charge on any atom is -0.348 e. The molecule has 1 fully saturated rings. The molecular formula is C8H13NOS2. The molecule has 1 heterocycles. The quantitative estimate of drug-likeness (QED) is 0.689. The van der Waals surface area contributed by atoms with Crippen molar-refractivity contribution >= 4 is 29.4 Å². The van der Waals surface area contributed by atoms with Crippen molar-refractivity contribution in [3.05, 3.63) is 12.2 Å². The van der Waals surface area contributed by atoms with Gasteiger partial charge in [-0.1, -0.05) is 6.58 Å². The summed E-state index contributed by atoms with van der Waals surface area (Å²) in [5.41, 5.74) is 0.593. The molecule has 0 atom stereocenters. The third-order valence-corrected chi connectivity index (χ3v) is 4.14. The van der Waals surface area contributed by atoms with Crippen LogP contribution in [-0.2, 0) is 4.79 Å². The van der Waals surface area contributed by atoms with Gasteiger partial charge < -0.3 is 5.32 Å². The smallest absolute Gasteiger partial charge is 0.246 e. The van der Waals surface area contributed by atoms with E-state index in [-0.39, 0.29) is 5.91 Å². The van der Waals surface area contributed by atoms with Crippen LogP contribution >= 0.6 is 23.5 Å². The summed E-state index contributed by atoms with van der Waals surface area (Å²) in [7, 11) is 0. The molecule has 0 bridgehead atoms. The molecule has 2 nitrogen and oxygen atoms in total. The normalized spacial score (nSPS) is 18.8. The van der Waals surface area contributed by atoms with Crippen LogP contribution in [0.1, 0.15) is 6.92 Å². The molecule has 0 aliphatic carbocycles. The number of rotatable bonds is 2. The molecule has 1 aliphatic heterocycles. The largest absolute Gasteiger partial charge is 0.348 e. The highest BCUT2D eigenvalue weighted by Gasteiger charge is 2.15. The van der Waals surface area contributed by atoms with E-state index < -0.39 is 0 Å². The number of nitrogens with one attached hydrogen (secondary N) is 1. The van der Waals surface area contributed by atoms with Crippen LogP contribution in [-0.4, -0.2) is 28.5 Å². The van der Waals surface area contributed by atoms with Crippen molar-refractivity contribution in [1.82, 2.24) is 5.32 Å². The van der Waals surface area contributed by atoms with Gasteiger partial charge in [-0.25, -0.2) is 0 Å². The fourth-order valence-corrected chi connectivity index (χ4v) is 3.24. The van der Waals surface area contributed by atoms with Crippen molar-refractivity contribution in [2.24, 2.45) is 0 Å². The lowest BCUT2D eigenvalue weighted by Gasteiger charge is -2.21. The zero-order valence-electron chi connectivity index (χ0n) is 7.13. The second-order valence-corrected chi connectivity index (χ2v) is 5.24. The predicted octanol–water partition coefficient (Wildman–Crippen LogP) is 1.48. The zero-order valence-corrected chi connectivity index (χ0v) is 8.76. The Kier molecular flexibility index (Phi) is 4.01. The third-order valence-electron chi connectivity index (χ3n) is 1.53. The van der Waals surface area contributed by atoms with Gasteiger partial charge in [0.2, 0.25) is 5.91 Å². The lowest BCUT2D eigenvalue weighted by Crippen LogP contribution is -2.40. The first-order valence-corrected chi connectivity index (χ1v) is 6.13. The predicted molar refractivity (Wildman–Crippen MR) is 56.5 cm³/mol. The van der Waals surface area contributed by atoms with Crippen LogP contribution in [0.4, 0.5) is 0 Å². The highest BCUT2D eigenvalue weighted by molar-refractivity contribution is 8.16. The van der Waals surface area contributed by atoms with Crippen LogP contribution in [0.2, 0.25) is 0 Å². The van der Waals surface area contributed by atoms with Gasteiger partial charge in [-0.05, 0) is 6.92 Å². The fraction of sp³-hybridized carbons (Fsp3) is 0.625. The zero-order chi connectivity index (χ0) is 8.97. The lowest BCUT2D eigenvalue weighted by atomic mass is 10.3. The molecule has 12 heavy (non-hydrogen) atoms. The van der Waals surface area contributed by atoms with E-state index in [1.165, 1.54) is 0 Å². The van der Waals surface area contributed by atoms with Crippen molar-refractivity contribution < 1.29 is 4.79 Å². The highest BCUT2D eigenvalue weighted by Crippen LogP contribution is 2.21. The van der Waals surface area contributed by atoms with Gasteiger partial charge in [0.25, 0.3) is 0 Å². The summed E-state index contributed by atoms with van der Waals surface area (Å²) in [6, 6.07) is 0.331. The molecule has 0 radical (unpaired) electrons. The van der Waals surface area contributed by atoms with E-state index in [0.29, 0.717) is 11.6 Å². The van der Waals surface area contributed by atoms with Crippen LogP contribution in [0.15, 0.2) is 12.2 Å². The Bertz CT molecular complexity index is 187. The van der Waals surface area contributed by atoms with Crippen LogP contribution in [0, 0.1) is 0 Å². The number of hydrogen-bond donors (Lipinski definition) is 1. The first-order chi connectivity index (χ1) is 5.70. The van der Waals surface area contributed by atoms with Crippen molar-refractivity contribution in [3.63, 3.8) is 0 Å². The molecule has 1 N–H and O–H groups in total. The van der Waals surface area contributed by atoms with Crippen LogP contribution in [0.25, 0.3) is 0 Å². The molecule has 0 aromatic heterocycles. The Hall–Kier alpha value is -0.0900. The van der Waals surface area contributed by atoms with Gasteiger partial charge in [0.1, 0.15) is 0 Å². The van der Waals surface area contributed by atoms with E-state index >= 15 is 0 Å². The molecule has 1 saturated heterocycles. The number of carbonyl (C=O) groups is 1. The van der Waals surface area contributed by atoms with Gasteiger partial charge >= 0.3 is 0 Å². The summed E-state index contributed by atoms with van der Waals surface area (Å²) >= 11 is 3.75. The molecule has 0 unspecified atom stereocenters. The summed E-state index contributed by atoms with van der Waals surface area (Å²) in [5.74, 6) is 2.06. The van der Waals surface area contributed by atoms with E-state index in [4.69, 9.17) is 0 Å². The van der Waals surface area contributed by atoms with Crippen LogP contribution in [0.3, 0.4) is 0 Å². The average molecular weight is 203 g/mol. The fourth-order valence-electron chi connectivity index (χ4n) is 0.880. The van der Waals surface area contributed by atoms with Gasteiger partial charge in [0.15, 0.2) is 0 Å². The molecule has 4 heteroatoms. The molecule has 0 aromatic rings. The Morgan fingerprint density at radius 2 is 2.08 bits per heavy atom. The first-order valence-electron chi connectivity index (χ1n) is 3.82. The average Bonchev–Trinajstić information content (AvgIpc) is 2.06.